The van der Waals surface area contributed by atoms with Gasteiger partial charge in [0, 0.05) is 13.0 Å². The highest BCUT2D eigenvalue weighted by molar-refractivity contribution is 6.21. The second kappa shape index (κ2) is 5.73. The van der Waals surface area contributed by atoms with Crippen molar-refractivity contribution in [1.29, 1.82) is 0 Å². The number of hydrogen-bond acceptors (Lipinski definition) is 4. The van der Waals surface area contributed by atoms with Gasteiger partial charge in [-0.3, -0.25) is 4.79 Å². The molecule has 0 bridgehead atoms. The fourth-order valence-corrected chi connectivity index (χ4v) is 3.44. The molecule has 0 saturated carbocycles. The minimum atomic E-state index is -0.508. The number of nitrogens with zero attached hydrogens (tertiary/aromatic N) is 2. The van der Waals surface area contributed by atoms with E-state index in [9.17, 15) is 14.4 Å². The number of carbonyl (C=O) groups excluding carboxylic acids is 3. The normalized spacial score (nSPS) is 18.8. The molecule has 2 aromatic carbocycles. The summed E-state index contributed by atoms with van der Waals surface area (Å²) in [5.74, 6) is -0.771. The summed E-state index contributed by atoms with van der Waals surface area (Å²) >= 11 is 0. The van der Waals surface area contributed by atoms with Crippen LogP contribution in [0.15, 0.2) is 48.5 Å². The third-order valence-electron chi connectivity index (χ3n) is 4.72. The van der Waals surface area contributed by atoms with Crippen LogP contribution in [0.5, 0.6) is 0 Å². The van der Waals surface area contributed by atoms with Crippen LogP contribution >= 0.6 is 0 Å². The zero-order valence-corrected chi connectivity index (χ0v) is 13.6. The molecule has 6 nitrogen and oxygen atoms in total. The molecule has 25 heavy (non-hydrogen) atoms. The Hall–Kier alpha value is -3.15. The maximum absolute atomic E-state index is 12.9. The average molecular weight is 336 g/mol. The minimum absolute atomic E-state index is 0.262. The summed E-state index contributed by atoms with van der Waals surface area (Å²) < 4.78 is 4.71. The van der Waals surface area contributed by atoms with E-state index in [-0.39, 0.29) is 11.9 Å². The molecule has 0 aliphatic carbocycles. The molecule has 4 rings (SSSR count). The molecular weight excluding hydrogens is 320 g/mol. The zero-order chi connectivity index (χ0) is 17.6. The lowest BCUT2D eigenvalue weighted by atomic mass is 9.95. The first-order valence-corrected chi connectivity index (χ1v) is 8.00. The van der Waals surface area contributed by atoms with Crippen molar-refractivity contribution in [2.45, 2.75) is 19.0 Å². The van der Waals surface area contributed by atoms with E-state index in [2.05, 4.69) is 0 Å². The van der Waals surface area contributed by atoms with Crippen molar-refractivity contribution in [3.05, 3.63) is 65.2 Å². The summed E-state index contributed by atoms with van der Waals surface area (Å²) in [4.78, 5) is 40.2. The number of methoxy groups -OCH3 is 1. The number of fused-ring (bicyclic) bond motifs is 2. The zero-order valence-electron chi connectivity index (χ0n) is 13.6. The highest BCUT2D eigenvalue weighted by Crippen LogP contribution is 2.33. The topological polar surface area (TPSA) is 66.9 Å². The molecule has 2 aromatic rings. The van der Waals surface area contributed by atoms with Crippen molar-refractivity contribution >= 4 is 23.6 Å². The minimum Gasteiger partial charge on any atom is -0.465 e. The number of esters is 1. The number of urea groups is 1. The predicted octanol–water partition coefficient (Wildman–Crippen LogP) is 2.37. The number of imide groups is 1. The number of rotatable bonds is 2. The van der Waals surface area contributed by atoms with Gasteiger partial charge in [0.25, 0.3) is 5.91 Å². The van der Waals surface area contributed by atoms with E-state index in [4.69, 9.17) is 4.74 Å². The van der Waals surface area contributed by atoms with Crippen molar-refractivity contribution in [3.8, 4) is 0 Å². The third-order valence-corrected chi connectivity index (χ3v) is 4.72. The summed E-state index contributed by atoms with van der Waals surface area (Å²) in [5, 5.41) is 0. The van der Waals surface area contributed by atoms with Gasteiger partial charge in [0.1, 0.15) is 6.04 Å². The smallest absolute Gasteiger partial charge is 0.337 e. The van der Waals surface area contributed by atoms with Gasteiger partial charge >= 0.3 is 12.0 Å². The van der Waals surface area contributed by atoms with Crippen LogP contribution in [-0.2, 0) is 22.5 Å². The summed E-state index contributed by atoms with van der Waals surface area (Å²) in [5.41, 5.74) is 2.84. The standard InChI is InChI=1S/C19H16N2O4/c1-25-18(23)13-7-4-8-15(9-13)21-17(22)16-10-12-5-2-3-6-14(12)11-20(16)19(21)24/h2-9,16H,10-11H2,1H3/t16-/m1/s1. The fraction of sp³-hybridized carbons (Fsp3) is 0.211. The lowest BCUT2D eigenvalue weighted by molar-refractivity contribution is -0.120. The van der Waals surface area contributed by atoms with Crippen LogP contribution in [0.2, 0.25) is 0 Å². The van der Waals surface area contributed by atoms with E-state index in [0.29, 0.717) is 24.2 Å². The van der Waals surface area contributed by atoms with E-state index in [1.165, 1.54) is 13.2 Å². The van der Waals surface area contributed by atoms with Gasteiger partial charge < -0.3 is 9.64 Å². The van der Waals surface area contributed by atoms with E-state index >= 15 is 0 Å². The molecule has 2 aliphatic heterocycles. The van der Waals surface area contributed by atoms with Crippen LogP contribution in [0.3, 0.4) is 0 Å². The lowest BCUT2D eigenvalue weighted by Gasteiger charge is -2.28. The Bertz CT molecular complexity index is 849. The van der Waals surface area contributed by atoms with Crippen LogP contribution in [0.1, 0.15) is 21.5 Å². The number of anilines is 1. The molecule has 1 atom stereocenters. The molecule has 2 heterocycles. The molecule has 6 heteroatoms. The molecule has 3 amide bonds. The summed E-state index contributed by atoms with van der Waals surface area (Å²) in [6.07, 6.45) is 0.508. The van der Waals surface area contributed by atoms with Crippen LogP contribution < -0.4 is 4.90 Å². The third kappa shape index (κ3) is 2.38. The maximum Gasteiger partial charge on any atom is 0.337 e. The molecule has 1 fully saturated rings. The van der Waals surface area contributed by atoms with Gasteiger partial charge in [0.05, 0.1) is 18.4 Å². The Morgan fingerprint density at radius 2 is 1.84 bits per heavy atom. The number of carbonyl (C=O) groups is 3. The summed E-state index contributed by atoms with van der Waals surface area (Å²) in [6.45, 7) is 0.415. The van der Waals surface area contributed by atoms with Gasteiger partial charge in [0.15, 0.2) is 0 Å². The Labute approximate surface area is 144 Å². The molecule has 1 saturated heterocycles. The molecule has 0 aromatic heterocycles. The molecule has 0 spiro atoms. The van der Waals surface area contributed by atoms with E-state index < -0.39 is 12.0 Å². The highest BCUT2D eigenvalue weighted by atomic mass is 16.5. The molecule has 0 radical (unpaired) electrons. The Balaban J connectivity index is 1.69. The largest absolute Gasteiger partial charge is 0.465 e. The van der Waals surface area contributed by atoms with E-state index in [1.807, 2.05) is 24.3 Å². The summed E-state index contributed by atoms with van der Waals surface area (Å²) in [6, 6.07) is 13.4. The van der Waals surface area contributed by atoms with Crippen LogP contribution in [0, 0.1) is 0 Å². The first-order valence-electron chi connectivity index (χ1n) is 8.00. The second-order valence-electron chi connectivity index (χ2n) is 6.11. The molecule has 0 unspecified atom stereocenters. The summed E-state index contributed by atoms with van der Waals surface area (Å²) in [7, 11) is 1.29. The van der Waals surface area contributed by atoms with Crippen LogP contribution in [0.25, 0.3) is 0 Å². The predicted molar refractivity (Wildman–Crippen MR) is 90.1 cm³/mol. The fourth-order valence-electron chi connectivity index (χ4n) is 3.44. The first-order chi connectivity index (χ1) is 12.1. The van der Waals surface area contributed by atoms with Gasteiger partial charge in [-0.25, -0.2) is 14.5 Å². The number of hydrogen-bond donors (Lipinski definition) is 0. The van der Waals surface area contributed by atoms with Gasteiger partial charge in [-0.2, -0.15) is 0 Å². The Morgan fingerprint density at radius 3 is 2.60 bits per heavy atom. The average Bonchev–Trinajstić information content (AvgIpc) is 2.89. The van der Waals surface area contributed by atoms with Gasteiger partial charge in [0.2, 0.25) is 0 Å². The van der Waals surface area contributed by atoms with Crippen LogP contribution in [0.4, 0.5) is 10.5 Å². The SMILES string of the molecule is COC(=O)c1cccc(N2C(=O)[C@H]3Cc4ccccc4CN3C2=O)c1. The van der Waals surface area contributed by atoms with Crippen molar-refractivity contribution in [3.63, 3.8) is 0 Å². The van der Waals surface area contributed by atoms with Crippen molar-refractivity contribution in [1.82, 2.24) is 4.90 Å². The molecule has 0 N–H and O–H groups in total. The highest BCUT2D eigenvalue weighted by Gasteiger charge is 2.47. The first kappa shape index (κ1) is 15.4. The van der Waals surface area contributed by atoms with Crippen molar-refractivity contribution in [2.24, 2.45) is 0 Å². The lowest BCUT2D eigenvalue weighted by Crippen LogP contribution is -2.39. The van der Waals surface area contributed by atoms with E-state index in [1.54, 1.807) is 23.1 Å². The van der Waals surface area contributed by atoms with Crippen molar-refractivity contribution < 1.29 is 19.1 Å². The Kier molecular flexibility index (Phi) is 3.53. The molecular formula is C19H16N2O4. The Morgan fingerprint density at radius 1 is 1.08 bits per heavy atom. The second-order valence-corrected chi connectivity index (χ2v) is 6.11. The quantitative estimate of drug-likeness (QED) is 0.624. The maximum atomic E-state index is 12.9. The van der Waals surface area contributed by atoms with Gasteiger partial charge in [-0.15, -0.1) is 0 Å². The molecule has 2 aliphatic rings. The number of amides is 3. The van der Waals surface area contributed by atoms with E-state index in [0.717, 1.165) is 16.0 Å². The number of benzene rings is 2. The van der Waals surface area contributed by atoms with Crippen LogP contribution in [-0.4, -0.2) is 36.0 Å². The van der Waals surface area contributed by atoms with Crippen molar-refractivity contribution in [2.75, 3.05) is 12.0 Å². The monoisotopic (exact) mass is 336 g/mol. The molecule has 126 valence electrons. The van der Waals surface area contributed by atoms with Gasteiger partial charge in [-0.1, -0.05) is 30.3 Å². The number of ether oxygens (including phenoxy) is 1. The van der Waals surface area contributed by atoms with Gasteiger partial charge in [-0.05, 0) is 29.3 Å².